The molecule has 2 aliphatic rings. The summed E-state index contributed by atoms with van der Waals surface area (Å²) in [5.41, 5.74) is 3.25. The van der Waals surface area contributed by atoms with Crippen molar-refractivity contribution in [3.63, 3.8) is 0 Å². The number of nitrogens with one attached hydrogen (secondary N) is 2. The number of thioether (sulfide) groups is 1. The van der Waals surface area contributed by atoms with Crippen LogP contribution < -0.4 is 15.5 Å². The van der Waals surface area contributed by atoms with Crippen molar-refractivity contribution in [2.45, 2.75) is 13.0 Å². The normalized spacial score (nSPS) is 22.3. The molecular weight excluding hydrogens is 258 g/mol. The van der Waals surface area contributed by atoms with E-state index in [4.69, 9.17) is 0 Å². The first-order valence-electron chi connectivity index (χ1n) is 6.80. The second-order valence-corrected chi connectivity index (χ2v) is 6.08. The van der Waals surface area contributed by atoms with Gasteiger partial charge in [-0.25, -0.2) is 0 Å². The quantitative estimate of drug-likeness (QED) is 0.885. The molecule has 1 saturated heterocycles. The first-order chi connectivity index (χ1) is 9.29. The molecule has 19 heavy (non-hydrogen) atoms. The Morgan fingerprint density at radius 2 is 2.21 bits per heavy atom. The van der Waals surface area contributed by atoms with E-state index in [0.717, 1.165) is 30.9 Å². The van der Waals surface area contributed by atoms with Gasteiger partial charge >= 0.3 is 0 Å². The van der Waals surface area contributed by atoms with Crippen LogP contribution in [-0.4, -0.2) is 37.0 Å². The molecule has 3 rings (SSSR count). The van der Waals surface area contributed by atoms with Crippen LogP contribution >= 0.6 is 11.8 Å². The summed E-state index contributed by atoms with van der Waals surface area (Å²) in [6.45, 7) is 5.00. The summed E-state index contributed by atoms with van der Waals surface area (Å²) in [6.07, 6.45) is 0. The van der Waals surface area contributed by atoms with E-state index in [9.17, 15) is 4.79 Å². The van der Waals surface area contributed by atoms with E-state index < -0.39 is 0 Å². The number of benzene rings is 1. The molecule has 1 amide bonds. The second-order valence-electron chi connectivity index (χ2n) is 4.85. The van der Waals surface area contributed by atoms with Crippen molar-refractivity contribution in [3.05, 3.63) is 23.8 Å². The summed E-state index contributed by atoms with van der Waals surface area (Å²) >= 11 is 2.00. The Kier molecular flexibility index (Phi) is 3.66. The number of carbonyl (C=O) groups is 1. The van der Waals surface area contributed by atoms with E-state index in [0.29, 0.717) is 0 Å². The zero-order valence-electron chi connectivity index (χ0n) is 11.1. The van der Waals surface area contributed by atoms with Crippen LogP contribution in [0.4, 0.5) is 11.4 Å². The third-order valence-corrected chi connectivity index (χ3v) is 4.59. The lowest BCUT2D eigenvalue weighted by atomic mass is 10.1. The third-order valence-electron chi connectivity index (χ3n) is 3.65. The number of rotatable bonds is 3. The van der Waals surface area contributed by atoms with Gasteiger partial charge in [0.05, 0.1) is 0 Å². The van der Waals surface area contributed by atoms with Crippen LogP contribution in [0.2, 0.25) is 0 Å². The van der Waals surface area contributed by atoms with Crippen molar-refractivity contribution < 1.29 is 4.79 Å². The lowest BCUT2D eigenvalue weighted by Crippen LogP contribution is -2.32. The van der Waals surface area contributed by atoms with Crippen LogP contribution in [0.15, 0.2) is 18.2 Å². The number of anilines is 2. The number of likely N-dealkylation sites (N-methyl/N-ethyl adjacent to an activating group) is 1. The fourth-order valence-electron chi connectivity index (χ4n) is 2.68. The third kappa shape index (κ3) is 2.44. The van der Waals surface area contributed by atoms with Crippen LogP contribution in [0.5, 0.6) is 0 Å². The molecule has 0 spiro atoms. The SMILES string of the molecule is CCNC1C(=O)Nc2cc(N3CCSCC3)ccc21. The van der Waals surface area contributed by atoms with Gasteiger partial charge in [-0.15, -0.1) is 0 Å². The Morgan fingerprint density at radius 1 is 1.42 bits per heavy atom. The minimum atomic E-state index is -0.189. The highest BCUT2D eigenvalue weighted by atomic mass is 32.2. The van der Waals surface area contributed by atoms with E-state index in [1.807, 2.05) is 18.7 Å². The van der Waals surface area contributed by atoms with E-state index in [1.54, 1.807) is 0 Å². The molecule has 5 heteroatoms. The smallest absolute Gasteiger partial charge is 0.246 e. The van der Waals surface area contributed by atoms with Gasteiger partial charge < -0.3 is 15.5 Å². The predicted molar refractivity (Wildman–Crippen MR) is 81.0 cm³/mol. The molecule has 2 heterocycles. The Labute approximate surface area is 117 Å². The number of amides is 1. The standard InChI is InChI=1S/C14H19N3OS/c1-2-15-13-11-4-3-10(9-12(11)16-14(13)18)17-5-7-19-8-6-17/h3-4,9,13,15H,2,5-8H2,1H3,(H,16,18). The molecule has 0 radical (unpaired) electrons. The van der Waals surface area contributed by atoms with E-state index >= 15 is 0 Å². The van der Waals surface area contributed by atoms with Gasteiger partial charge in [-0.3, -0.25) is 4.79 Å². The largest absolute Gasteiger partial charge is 0.370 e. The monoisotopic (exact) mass is 277 g/mol. The van der Waals surface area contributed by atoms with Crippen molar-refractivity contribution in [1.82, 2.24) is 5.32 Å². The predicted octanol–water partition coefficient (Wildman–Crippen LogP) is 1.84. The molecule has 0 bridgehead atoms. The molecule has 1 fully saturated rings. The molecule has 2 aliphatic heterocycles. The zero-order valence-corrected chi connectivity index (χ0v) is 11.9. The molecule has 102 valence electrons. The highest BCUT2D eigenvalue weighted by molar-refractivity contribution is 7.99. The maximum atomic E-state index is 11.9. The average molecular weight is 277 g/mol. The molecular formula is C14H19N3OS. The van der Waals surface area contributed by atoms with E-state index in [1.165, 1.54) is 17.2 Å². The average Bonchev–Trinajstić information content (AvgIpc) is 2.76. The highest BCUT2D eigenvalue weighted by Crippen LogP contribution is 2.34. The Balaban J connectivity index is 1.85. The molecule has 2 N–H and O–H groups in total. The number of fused-ring (bicyclic) bond motifs is 1. The van der Waals surface area contributed by atoms with Crippen molar-refractivity contribution in [2.24, 2.45) is 0 Å². The summed E-state index contributed by atoms with van der Waals surface area (Å²) < 4.78 is 0. The first kappa shape index (κ1) is 12.8. The molecule has 1 unspecified atom stereocenters. The lowest BCUT2D eigenvalue weighted by molar-refractivity contribution is -0.117. The second kappa shape index (κ2) is 5.43. The van der Waals surface area contributed by atoms with Crippen molar-refractivity contribution in [2.75, 3.05) is 41.4 Å². The number of carbonyl (C=O) groups excluding carboxylic acids is 1. The molecule has 1 atom stereocenters. The van der Waals surface area contributed by atoms with Crippen LogP contribution in [0.25, 0.3) is 0 Å². The minimum Gasteiger partial charge on any atom is -0.370 e. The number of hydrogen-bond donors (Lipinski definition) is 2. The maximum absolute atomic E-state index is 11.9. The van der Waals surface area contributed by atoms with Crippen LogP contribution in [0.3, 0.4) is 0 Å². The van der Waals surface area contributed by atoms with Gasteiger partial charge in [-0.2, -0.15) is 11.8 Å². The summed E-state index contributed by atoms with van der Waals surface area (Å²) in [6, 6.07) is 6.14. The molecule has 0 aromatic heterocycles. The van der Waals surface area contributed by atoms with Gasteiger partial charge in [0.25, 0.3) is 0 Å². The molecule has 0 aliphatic carbocycles. The first-order valence-corrected chi connectivity index (χ1v) is 7.96. The summed E-state index contributed by atoms with van der Waals surface area (Å²) in [5, 5.41) is 6.20. The van der Waals surface area contributed by atoms with Gasteiger partial charge in [0.1, 0.15) is 6.04 Å². The number of nitrogens with zero attached hydrogens (tertiary/aromatic N) is 1. The van der Waals surface area contributed by atoms with Crippen molar-refractivity contribution in [1.29, 1.82) is 0 Å². The van der Waals surface area contributed by atoms with Crippen LogP contribution in [0, 0.1) is 0 Å². The van der Waals surface area contributed by atoms with Crippen molar-refractivity contribution >= 4 is 29.0 Å². The molecule has 4 nitrogen and oxygen atoms in total. The fraction of sp³-hybridized carbons (Fsp3) is 0.500. The molecule has 1 aromatic rings. The summed E-state index contributed by atoms with van der Waals surface area (Å²) in [4.78, 5) is 14.3. The minimum absolute atomic E-state index is 0.0585. The molecule has 1 aromatic carbocycles. The molecule has 0 saturated carbocycles. The van der Waals surface area contributed by atoms with E-state index in [-0.39, 0.29) is 11.9 Å². The van der Waals surface area contributed by atoms with Gasteiger partial charge in [-0.05, 0) is 18.7 Å². The van der Waals surface area contributed by atoms with Gasteiger partial charge in [0, 0.05) is 41.5 Å². The highest BCUT2D eigenvalue weighted by Gasteiger charge is 2.30. The Hall–Kier alpha value is -1.20. The van der Waals surface area contributed by atoms with Crippen LogP contribution in [0.1, 0.15) is 18.5 Å². The maximum Gasteiger partial charge on any atom is 0.246 e. The fourth-order valence-corrected chi connectivity index (χ4v) is 3.58. The van der Waals surface area contributed by atoms with Crippen LogP contribution in [-0.2, 0) is 4.79 Å². The topological polar surface area (TPSA) is 44.4 Å². The van der Waals surface area contributed by atoms with Gasteiger partial charge in [-0.1, -0.05) is 13.0 Å². The summed E-state index contributed by atoms with van der Waals surface area (Å²) in [7, 11) is 0. The lowest BCUT2D eigenvalue weighted by Gasteiger charge is -2.28. The number of hydrogen-bond acceptors (Lipinski definition) is 4. The Bertz CT molecular complexity index is 486. The van der Waals surface area contributed by atoms with Gasteiger partial charge in [0.2, 0.25) is 5.91 Å². The van der Waals surface area contributed by atoms with Crippen molar-refractivity contribution in [3.8, 4) is 0 Å². The zero-order chi connectivity index (χ0) is 13.2. The summed E-state index contributed by atoms with van der Waals surface area (Å²) in [5.74, 6) is 2.43. The van der Waals surface area contributed by atoms with E-state index in [2.05, 4.69) is 33.7 Å². The Morgan fingerprint density at radius 3 is 2.95 bits per heavy atom. The van der Waals surface area contributed by atoms with Gasteiger partial charge in [0.15, 0.2) is 0 Å².